The minimum atomic E-state index is -0.652. The summed E-state index contributed by atoms with van der Waals surface area (Å²) < 4.78 is 0. The van der Waals surface area contributed by atoms with Gasteiger partial charge in [0, 0.05) is 0 Å². The van der Waals surface area contributed by atoms with E-state index in [2.05, 4.69) is 13.8 Å². The van der Waals surface area contributed by atoms with E-state index < -0.39 is 5.97 Å². The molecule has 0 rings (SSSR count). The molecule has 0 fully saturated rings. The quantitative estimate of drug-likeness (QED) is 0.483. The van der Waals surface area contributed by atoms with Crippen LogP contribution in [0.25, 0.3) is 0 Å². The van der Waals surface area contributed by atoms with Gasteiger partial charge in [-0.25, -0.2) is 0 Å². The maximum atomic E-state index is 10.6. The molecule has 0 saturated heterocycles. The van der Waals surface area contributed by atoms with Gasteiger partial charge < -0.3 is 5.11 Å². The highest BCUT2D eigenvalue weighted by Gasteiger charge is 2.09. The Morgan fingerprint density at radius 1 is 0.944 bits per heavy atom. The summed E-state index contributed by atoms with van der Waals surface area (Å²) in [5, 5.41) is 8.77. The van der Waals surface area contributed by atoms with Crippen LogP contribution in [0.5, 0.6) is 0 Å². The van der Waals surface area contributed by atoms with Crippen molar-refractivity contribution in [3.8, 4) is 0 Å². The third-order valence-corrected chi connectivity index (χ3v) is 3.96. The fourth-order valence-corrected chi connectivity index (χ4v) is 2.41. The molecule has 0 aromatic rings. The minimum Gasteiger partial charge on any atom is -0.481 e. The molecule has 0 aromatic carbocycles. The summed E-state index contributed by atoms with van der Waals surface area (Å²) in [5.41, 5.74) is 0. The van der Waals surface area contributed by atoms with Gasteiger partial charge in [-0.05, 0) is 12.3 Å². The summed E-state index contributed by atoms with van der Waals surface area (Å²) >= 11 is 0. The third kappa shape index (κ3) is 9.49. The number of carboxylic acid groups (broad SMARTS) is 1. The van der Waals surface area contributed by atoms with Gasteiger partial charge in [0.05, 0.1) is 5.92 Å². The van der Waals surface area contributed by atoms with Crippen molar-refractivity contribution in [2.24, 2.45) is 11.8 Å². The predicted molar refractivity (Wildman–Crippen MR) is 77.8 cm³/mol. The molecule has 1 N–H and O–H groups in total. The maximum absolute atomic E-state index is 10.6. The molecule has 0 saturated carbocycles. The molecule has 18 heavy (non-hydrogen) atoms. The Bertz CT molecular complexity index is 201. The first kappa shape index (κ1) is 17.5. The molecular weight excluding hydrogens is 224 g/mol. The van der Waals surface area contributed by atoms with Crippen molar-refractivity contribution in [3.05, 3.63) is 0 Å². The summed E-state index contributed by atoms with van der Waals surface area (Å²) in [6, 6.07) is 0. The fraction of sp³-hybridized carbons (Fsp3) is 0.938. The average molecular weight is 256 g/mol. The van der Waals surface area contributed by atoms with E-state index in [0.29, 0.717) is 0 Å². The number of carboxylic acids is 1. The van der Waals surface area contributed by atoms with Gasteiger partial charge in [-0.1, -0.05) is 78.6 Å². The van der Waals surface area contributed by atoms with Crippen molar-refractivity contribution in [2.45, 2.75) is 85.0 Å². The molecule has 2 atom stereocenters. The van der Waals surface area contributed by atoms with E-state index in [0.717, 1.165) is 18.8 Å². The van der Waals surface area contributed by atoms with Crippen molar-refractivity contribution < 1.29 is 9.90 Å². The molecule has 0 aromatic heterocycles. The number of unbranched alkanes of at least 4 members (excludes halogenated alkanes) is 4. The molecule has 0 spiro atoms. The van der Waals surface area contributed by atoms with E-state index >= 15 is 0 Å². The second-order valence-electron chi connectivity index (χ2n) is 5.65. The highest BCUT2D eigenvalue weighted by Crippen LogP contribution is 2.20. The van der Waals surface area contributed by atoms with E-state index in [1.165, 1.54) is 51.4 Å². The van der Waals surface area contributed by atoms with Gasteiger partial charge >= 0.3 is 5.97 Å². The molecule has 0 bridgehead atoms. The monoisotopic (exact) mass is 256 g/mol. The molecule has 0 aliphatic heterocycles. The van der Waals surface area contributed by atoms with Gasteiger partial charge in [-0.2, -0.15) is 0 Å². The highest BCUT2D eigenvalue weighted by atomic mass is 16.4. The van der Waals surface area contributed by atoms with Gasteiger partial charge in [0.15, 0.2) is 0 Å². The van der Waals surface area contributed by atoms with Crippen LogP contribution >= 0.6 is 0 Å². The lowest BCUT2D eigenvalue weighted by Crippen LogP contribution is -2.08. The maximum Gasteiger partial charge on any atom is 0.306 e. The van der Waals surface area contributed by atoms with Crippen LogP contribution in [-0.2, 0) is 4.79 Å². The number of rotatable bonds is 12. The van der Waals surface area contributed by atoms with Crippen molar-refractivity contribution in [2.75, 3.05) is 0 Å². The molecule has 0 radical (unpaired) electrons. The number of hydrogen-bond donors (Lipinski definition) is 1. The van der Waals surface area contributed by atoms with Gasteiger partial charge in [-0.15, -0.1) is 0 Å². The molecule has 0 heterocycles. The zero-order valence-electron chi connectivity index (χ0n) is 12.6. The van der Waals surface area contributed by atoms with E-state index in [9.17, 15) is 4.79 Å². The van der Waals surface area contributed by atoms with E-state index in [1.54, 1.807) is 6.92 Å². The Labute approximate surface area is 113 Å². The van der Waals surface area contributed by atoms with Crippen LogP contribution in [0.4, 0.5) is 0 Å². The summed E-state index contributed by atoms with van der Waals surface area (Å²) in [6.07, 6.45) is 12.4. The van der Waals surface area contributed by atoms with Gasteiger partial charge in [0.2, 0.25) is 0 Å². The molecule has 0 amide bonds. The Hall–Kier alpha value is -0.530. The van der Waals surface area contributed by atoms with E-state index in [-0.39, 0.29) is 5.92 Å². The van der Waals surface area contributed by atoms with Crippen LogP contribution < -0.4 is 0 Å². The Balaban J connectivity index is 3.40. The summed E-state index contributed by atoms with van der Waals surface area (Å²) in [7, 11) is 0. The van der Waals surface area contributed by atoms with Crippen molar-refractivity contribution >= 4 is 5.97 Å². The van der Waals surface area contributed by atoms with Crippen LogP contribution in [-0.4, -0.2) is 11.1 Å². The summed E-state index contributed by atoms with van der Waals surface area (Å²) in [6.45, 7) is 6.37. The first-order valence-electron chi connectivity index (χ1n) is 7.84. The number of carbonyl (C=O) groups is 1. The lowest BCUT2D eigenvalue weighted by molar-refractivity contribution is -0.141. The molecule has 0 aliphatic carbocycles. The van der Waals surface area contributed by atoms with Gasteiger partial charge in [0.25, 0.3) is 0 Å². The first-order valence-corrected chi connectivity index (χ1v) is 7.84. The van der Waals surface area contributed by atoms with Crippen LogP contribution in [0, 0.1) is 11.8 Å². The highest BCUT2D eigenvalue weighted by molar-refractivity contribution is 5.69. The topological polar surface area (TPSA) is 37.3 Å². The van der Waals surface area contributed by atoms with Crippen molar-refractivity contribution in [1.29, 1.82) is 0 Å². The second kappa shape index (κ2) is 11.6. The zero-order chi connectivity index (χ0) is 13.8. The average Bonchev–Trinajstić information content (AvgIpc) is 2.36. The summed E-state index contributed by atoms with van der Waals surface area (Å²) in [4.78, 5) is 10.6. The largest absolute Gasteiger partial charge is 0.481 e. The SMILES string of the molecule is CCCCC(CC)CCCCCCC(C)C(=O)O. The normalized spacial score (nSPS) is 14.4. The Morgan fingerprint density at radius 3 is 2.00 bits per heavy atom. The van der Waals surface area contributed by atoms with Crippen LogP contribution in [0.1, 0.15) is 85.0 Å². The van der Waals surface area contributed by atoms with Gasteiger partial charge in [-0.3, -0.25) is 4.79 Å². The second-order valence-corrected chi connectivity index (χ2v) is 5.65. The van der Waals surface area contributed by atoms with Crippen LogP contribution in [0.15, 0.2) is 0 Å². The molecular formula is C16H32O2. The lowest BCUT2D eigenvalue weighted by atomic mass is 9.92. The zero-order valence-corrected chi connectivity index (χ0v) is 12.6. The molecule has 0 aliphatic rings. The number of aliphatic carboxylic acids is 1. The third-order valence-electron chi connectivity index (χ3n) is 3.96. The summed E-state index contributed by atoms with van der Waals surface area (Å²) in [5.74, 6) is 0.0986. The molecule has 2 unspecified atom stereocenters. The van der Waals surface area contributed by atoms with Crippen LogP contribution in [0.3, 0.4) is 0 Å². The smallest absolute Gasteiger partial charge is 0.306 e. The standard InChI is InChI=1S/C16H32O2/c1-4-6-12-15(5-2)13-10-8-7-9-11-14(3)16(17)18/h14-15H,4-13H2,1-3H3,(H,17,18). The van der Waals surface area contributed by atoms with E-state index in [1.807, 2.05) is 0 Å². The molecule has 2 nitrogen and oxygen atoms in total. The van der Waals surface area contributed by atoms with E-state index in [4.69, 9.17) is 5.11 Å². The van der Waals surface area contributed by atoms with Crippen molar-refractivity contribution in [1.82, 2.24) is 0 Å². The van der Waals surface area contributed by atoms with Crippen molar-refractivity contribution in [3.63, 3.8) is 0 Å². The Morgan fingerprint density at radius 2 is 1.50 bits per heavy atom. The molecule has 108 valence electrons. The predicted octanol–water partition coefficient (Wildman–Crippen LogP) is 5.26. The van der Waals surface area contributed by atoms with Crippen LogP contribution in [0.2, 0.25) is 0 Å². The molecule has 2 heteroatoms. The Kier molecular flexibility index (Phi) is 11.2. The fourth-order valence-electron chi connectivity index (χ4n) is 2.41. The lowest BCUT2D eigenvalue weighted by Gasteiger charge is -2.14. The van der Waals surface area contributed by atoms with Gasteiger partial charge in [0.1, 0.15) is 0 Å². The number of hydrogen-bond acceptors (Lipinski definition) is 1. The first-order chi connectivity index (χ1) is 8.61. The minimum absolute atomic E-state index is 0.169.